The highest BCUT2D eigenvalue weighted by Gasteiger charge is 2.13. The van der Waals surface area contributed by atoms with Crippen LogP contribution in [0.3, 0.4) is 0 Å². The van der Waals surface area contributed by atoms with E-state index in [-0.39, 0.29) is 6.61 Å². The second-order valence-electron chi connectivity index (χ2n) is 2.71. The van der Waals surface area contributed by atoms with E-state index in [0.29, 0.717) is 22.2 Å². The van der Waals surface area contributed by atoms with Gasteiger partial charge in [-0.05, 0) is 11.6 Å². The van der Waals surface area contributed by atoms with E-state index >= 15 is 0 Å². The summed E-state index contributed by atoms with van der Waals surface area (Å²) in [5.41, 5.74) is 6.12. The SMILES string of the molecule is NC(CO)c1ccccc1SC(F)F. The summed E-state index contributed by atoms with van der Waals surface area (Å²) in [6.07, 6.45) is 0. The van der Waals surface area contributed by atoms with Crippen molar-refractivity contribution in [3.63, 3.8) is 0 Å². The van der Waals surface area contributed by atoms with Crippen LogP contribution < -0.4 is 5.73 Å². The molecule has 0 bridgehead atoms. The minimum absolute atomic E-state index is 0.249. The number of halogens is 2. The van der Waals surface area contributed by atoms with E-state index in [2.05, 4.69) is 0 Å². The van der Waals surface area contributed by atoms with Gasteiger partial charge in [-0.3, -0.25) is 0 Å². The molecule has 0 saturated carbocycles. The van der Waals surface area contributed by atoms with E-state index in [0.717, 1.165) is 0 Å². The monoisotopic (exact) mass is 219 g/mol. The lowest BCUT2D eigenvalue weighted by molar-refractivity contribution is 0.251. The van der Waals surface area contributed by atoms with Gasteiger partial charge in [0.15, 0.2) is 0 Å². The smallest absolute Gasteiger partial charge is 0.288 e. The summed E-state index contributed by atoms with van der Waals surface area (Å²) in [4.78, 5) is 0.420. The van der Waals surface area contributed by atoms with Gasteiger partial charge in [0.1, 0.15) is 0 Å². The molecule has 0 aliphatic rings. The zero-order valence-electron chi connectivity index (χ0n) is 7.36. The van der Waals surface area contributed by atoms with Gasteiger partial charge < -0.3 is 10.8 Å². The Kier molecular flexibility index (Phi) is 4.31. The van der Waals surface area contributed by atoms with Crippen LogP contribution in [0, 0.1) is 0 Å². The largest absolute Gasteiger partial charge is 0.394 e. The summed E-state index contributed by atoms with van der Waals surface area (Å²) in [5, 5.41) is 8.83. The van der Waals surface area contributed by atoms with Crippen molar-refractivity contribution in [3.05, 3.63) is 29.8 Å². The average Bonchev–Trinajstić information content (AvgIpc) is 2.16. The molecule has 2 nitrogen and oxygen atoms in total. The number of benzene rings is 1. The Hall–Kier alpha value is -0.650. The van der Waals surface area contributed by atoms with Gasteiger partial charge in [0.25, 0.3) is 5.76 Å². The van der Waals surface area contributed by atoms with Crippen LogP contribution in [0.25, 0.3) is 0 Å². The lowest BCUT2D eigenvalue weighted by atomic mass is 10.1. The number of thioether (sulfide) groups is 1. The normalized spacial score (nSPS) is 13.2. The Morgan fingerprint density at radius 2 is 2.00 bits per heavy atom. The van der Waals surface area contributed by atoms with Gasteiger partial charge in [-0.1, -0.05) is 30.0 Å². The van der Waals surface area contributed by atoms with Gasteiger partial charge in [-0.15, -0.1) is 0 Å². The van der Waals surface area contributed by atoms with Crippen LogP contribution in [-0.2, 0) is 0 Å². The van der Waals surface area contributed by atoms with Crippen LogP contribution in [0.1, 0.15) is 11.6 Å². The van der Waals surface area contributed by atoms with Gasteiger partial charge in [0.2, 0.25) is 0 Å². The third kappa shape index (κ3) is 2.94. The van der Waals surface area contributed by atoms with Crippen LogP contribution in [0.5, 0.6) is 0 Å². The molecule has 14 heavy (non-hydrogen) atoms. The molecule has 1 aromatic carbocycles. The van der Waals surface area contributed by atoms with Crippen molar-refractivity contribution in [2.45, 2.75) is 16.7 Å². The molecule has 5 heteroatoms. The van der Waals surface area contributed by atoms with Crippen molar-refractivity contribution >= 4 is 11.8 Å². The van der Waals surface area contributed by atoms with Gasteiger partial charge >= 0.3 is 0 Å². The lowest BCUT2D eigenvalue weighted by Crippen LogP contribution is -2.15. The molecular formula is C9H11F2NOS. The summed E-state index contributed by atoms with van der Waals surface area (Å²) < 4.78 is 24.3. The summed E-state index contributed by atoms with van der Waals surface area (Å²) in [5.74, 6) is -2.47. The predicted octanol–water partition coefficient (Wildman–Crippen LogP) is 1.99. The minimum atomic E-state index is -2.47. The number of aliphatic hydroxyl groups excluding tert-OH is 1. The van der Waals surface area contributed by atoms with E-state index in [1.807, 2.05) is 0 Å². The molecule has 0 aromatic heterocycles. The number of aliphatic hydroxyl groups is 1. The van der Waals surface area contributed by atoms with Gasteiger partial charge in [-0.2, -0.15) is 8.78 Å². The molecule has 78 valence electrons. The number of alkyl halides is 2. The van der Waals surface area contributed by atoms with Crippen LogP contribution in [0.4, 0.5) is 8.78 Å². The van der Waals surface area contributed by atoms with E-state index in [9.17, 15) is 8.78 Å². The average molecular weight is 219 g/mol. The molecule has 3 N–H and O–H groups in total. The lowest BCUT2D eigenvalue weighted by Gasteiger charge is -2.13. The van der Waals surface area contributed by atoms with Crippen LogP contribution >= 0.6 is 11.8 Å². The Morgan fingerprint density at radius 3 is 2.57 bits per heavy atom. The van der Waals surface area contributed by atoms with Gasteiger partial charge in [-0.25, -0.2) is 0 Å². The highest BCUT2D eigenvalue weighted by Crippen LogP contribution is 2.30. The van der Waals surface area contributed by atoms with Crippen molar-refractivity contribution in [2.24, 2.45) is 5.73 Å². The Morgan fingerprint density at radius 1 is 1.36 bits per heavy atom. The first-order valence-corrected chi connectivity index (χ1v) is 4.93. The predicted molar refractivity (Wildman–Crippen MR) is 52.3 cm³/mol. The summed E-state index contributed by atoms with van der Waals surface area (Å²) in [6.45, 7) is -0.249. The molecule has 1 rings (SSSR count). The summed E-state index contributed by atoms with van der Waals surface area (Å²) in [6, 6.07) is 5.99. The fourth-order valence-electron chi connectivity index (χ4n) is 1.09. The summed E-state index contributed by atoms with van der Waals surface area (Å²) >= 11 is 0.444. The number of rotatable bonds is 4. The number of hydrogen-bond donors (Lipinski definition) is 2. The molecule has 0 aliphatic carbocycles. The fraction of sp³-hybridized carbons (Fsp3) is 0.333. The molecule has 0 amide bonds. The molecule has 0 radical (unpaired) electrons. The Bertz CT molecular complexity index is 296. The highest BCUT2D eigenvalue weighted by atomic mass is 32.2. The van der Waals surface area contributed by atoms with Gasteiger partial charge in [0.05, 0.1) is 12.6 Å². The number of nitrogens with two attached hydrogens (primary N) is 1. The molecule has 0 spiro atoms. The second kappa shape index (κ2) is 5.29. The Labute approximate surface area is 85.1 Å². The fourth-order valence-corrected chi connectivity index (χ4v) is 1.79. The standard InChI is InChI=1S/C9H11F2NOS/c10-9(11)14-8-4-2-1-3-6(8)7(12)5-13/h1-4,7,9,13H,5,12H2. The van der Waals surface area contributed by atoms with E-state index in [1.165, 1.54) is 0 Å². The molecule has 1 aromatic rings. The molecule has 0 aliphatic heterocycles. The maximum atomic E-state index is 12.1. The van der Waals surface area contributed by atoms with Crippen LogP contribution in [-0.4, -0.2) is 17.5 Å². The third-order valence-corrected chi connectivity index (χ3v) is 2.54. The van der Waals surface area contributed by atoms with Crippen LogP contribution in [0.2, 0.25) is 0 Å². The van der Waals surface area contributed by atoms with Crippen molar-refractivity contribution in [3.8, 4) is 0 Å². The maximum Gasteiger partial charge on any atom is 0.288 e. The zero-order chi connectivity index (χ0) is 10.6. The zero-order valence-corrected chi connectivity index (χ0v) is 8.18. The summed E-state index contributed by atoms with van der Waals surface area (Å²) in [7, 11) is 0. The van der Waals surface area contributed by atoms with E-state index in [1.54, 1.807) is 24.3 Å². The molecule has 0 heterocycles. The quantitative estimate of drug-likeness (QED) is 0.761. The van der Waals surface area contributed by atoms with Crippen molar-refractivity contribution in [2.75, 3.05) is 6.61 Å². The first-order valence-electron chi connectivity index (χ1n) is 4.05. The first-order chi connectivity index (χ1) is 6.65. The molecule has 1 unspecified atom stereocenters. The van der Waals surface area contributed by atoms with E-state index in [4.69, 9.17) is 10.8 Å². The van der Waals surface area contributed by atoms with Gasteiger partial charge in [0, 0.05) is 4.90 Å². The second-order valence-corrected chi connectivity index (χ2v) is 3.74. The first kappa shape index (κ1) is 11.4. The maximum absolute atomic E-state index is 12.1. The van der Waals surface area contributed by atoms with Crippen molar-refractivity contribution in [1.29, 1.82) is 0 Å². The topological polar surface area (TPSA) is 46.2 Å². The molecule has 0 fully saturated rings. The molecular weight excluding hydrogens is 208 g/mol. The number of hydrogen-bond acceptors (Lipinski definition) is 3. The van der Waals surface area contributed by atoms with Crippen molar-refractivity contribution in [1.82, 2.24) is 0 Å². The third-order valence-electron chi connectivity index (χ3n) is 1.73. The molecule has 0 saturated heterocycles. The minimum Gasteiger partial charge on any atom is -0.394 e. The molecule has 1 atom stereocenters. The van der Waals surface area contributed by atoms with Crippen LogP contribution in [0.15, 0.2) is 29.2 Å². The van der Waals surface area contributed by atoms with E-state index < -0.39 is 11.8 Å². The highest BCUT2D eigenvalue weighted by molar-refractivity contribution is 7.99. The van der Waals surface area contributed by atoms with Crippen molar-refractivity contribution < 1.29 is 13.9 Å². The Balaban J connectivity index is 2.91.